The minimum atomic E-state index is -0.443. The molecule has 0 aliphatic carbocycles. The van der Waals surface area contributed by atoms with E-state index in [1.54, 1.807) is 12.4 Å². The van der Waals surface area contributed by atoms with Gasteiger partial charge in [-0.3, -0.25) is 0 Å². The van der Waals surface area contributed by atoms with Crippen LogP contribution in [0.1, 0.15) is 53.4 Å². The summed E-state index contributed by atoms with van der Waals surface area (Å²) < 4.78 is 17.8. The summed E-state index contributed by atoms with van der Waals surface area (Å²) in [6.45, 7) is 12.9. The monoisotopic (exact) mass is 390 g/mol. The van der Waals surface area contributed by atoms with Crippen LogP contribution < -0.4 is 15.9 Å². The Hall–Kier alpha value is -1.22. The first kappa shape index (κ1) is 21.5. The first-order valence-corrected chi connectivity index (χ1v) is 10.5. The van der Waals surface area contributed by atoms with Gasteiger partial charge in [-0.25, -0.2) is 9.97 Å². The van der Waals surface area contributed by atoms with Gasteiger partial charge < -0.3 is 24.7 Å². The summed E-state index contributed by atoms with van der Waals surface area (Å²) in [6, 6.07) is 0.411. The van der Waals surface area contributed by atoms with Crippen LogP contribution in [-0.4, -0.2) is 66.0 Å². The predicted molar refractivity (Wildman–Crippen MR) is 111 cm³/mol. The third-order valence-electron chi connectivity index (χ3n) is 6.21. The van der Waals surface area contributed by atoms with Crippen molar-refractivity contribution in [1.82, 2.24) is 14.9 Å². The Morgan fingerprint density at radius 1 is 1.21 bits per heavy atom. The number of likely N-dealkylation sites (tertiary alicyclic amines) is 1. The van der Waals surface area contributed by atoms with Crippen LogP contribution in [0.5, 0.6) is 6.01 Å². The maximum atomic E-state index is 6.03. The van der Waals surface area contributed by atoms with Crippen molar-refractivity contribution in [2.24, 2.45) is 11.7 Å². The van der Waals surface area contributed by atoms with Crippen molar-refractivity contribution in [3.05, 3.63) is 12.4 Å². The van der Waals surface area contributed by atoms with Crippen molar-refractivity contribution in [2.75, 3.05) is 32.8 Å². The Labute approximate surface area is 169 Å². The summed E-state index contributed by atoms with van der Waals surface area (Å²) in [5.41, 5.74) is 5.75. The summed E-state index contributed by atoms with van der Waals surface area (Å²) in [4.78, 5) is 11.1. The summed E-state index contributed by atoms with van der Waals surface area (Å²) in [5.74, 6) is 0.746. The largest absolute Gasteiger partial charge is 0.498 e. The fraction of sp³-hybridized carbons (Fsp3) is 0.800. The first-order chi connectivity index (χ1) is 13.3. The Kier molecular flexibility index (Phi) is 6.96. The van der Waals surface area contributed by atoms with Gasteiger partial charge in [0.05, 0.1) is 17.8 Å². The molecule has 0 radical (unpaired) electrons. The molecule has 0 saturated carbocycles. The number of hydrogen-bond acceptors (Lipinski definition) is 7. The number of hydrogen-bond donors (Lipinski definition) is 1. The minimum Gasteiger partial charge on any atom is -0.463 e. The van der Waals surface area contributed by atoms with E-state index in [4.69, 9.17) is 19.8 Å². The van der Waals surface area contributed by atoms with E-state index in [9.17, 15) is 0 Å². The van der Waals surface area contributed by atoms with Crippen molar-refractivity contribution in [3.63, 3.8) is 0 Å². The van der Waals surface area contributed by atoms with E-state index in [-0.39, 0.29) is 11.2 Å². The average molecular weight is 390 g/mol. The van der Waals surface area contributed by atoms with E-state index in [2.05, 4.69) is 14.9 Å². The van der Waals surface area contributed by atoms with Crippen LogP contribution in [-0.2, 0) is 9.31 Å². The highest BCUT2D eigenvalue weighted by Crippen LogP contribution is 2.36. The number of aromatic nitrogens is 2. The Balaban J connectivity index is 1.41. The van der Waals surface area contributed by atoms with Crippen LogP contribution in [0.4, 0.5) is 0 Å². The van der Waals surface area contributed by atoms with Gasteiger partial charge in [-0.2, -0.15) is 0 Å². The van der Waals surface area contributed by atoms with Gasteiger partial charge in [0.15, 0.2) is 0 Å². The van der Waals surface area contributed by atoms with Gasteiger partial charge in [0, 0.05) is 37.5 Å². The summed E-state index contributed by atoms with van der Waals surface area (Å²) in [5, 5.41) is 0. The Morgan fingerprint density at radius 2 is 1.89 bits per heavy atom. The topological polar surface area (TPSA) is 82.7 Å². The second-order valence-corrected chi connectivity index (χ2v) is 8.98. The average Bonchev–Trinajstić information content (AvgIpc) is 2.87. The van der Waals surface area contributed by atoms with Crippen LogP contribution in [0, 0.1) is 5.92 Å². The standard InChI is InChI=1S/C20H35BN4O3/c1-19(2)20(3,4)28-21(27-19)17-13-23-18(24-14-17)26-12-6-8-16-7-5-10-25(15-16)11-9-22/h13-14,16H,5-12,15,22H2,1-4H3/t16-/m1/s1. The SMILES string of the molecule is CC1(C)OB(c2cnc(OCCC[C@H]3CCCN(CCN)C3)nc2)OC1(C)C. The molecule has 28 heavy (non-hydrogen) atoms. The molecule has 0 spiro atoms. The summed E-state index contributed by atoms with van der Waals surface area (Å²) >= 11 is 0. The highest BCUT2D eigenvalue weighted by Gasteiger charge is 2.51. The molecule has 2 saturated heterocycles. The maximum Gasteiger partial charge on any atom is 0.498 e. The van der Waals surface area contributed by atoms with Gasteiger partial charge in [-0.1, -0.05) is 0 Å². The van der Waals surface area contributed by atoms with E-state index in [0.717, 1.165) is 37.4 Å². The van der Waals surface area contributed by atoms with Crippen molar-refractivity contribution in [2.45, 2.75) is 64.6 Å². The van der Waals surface area contributed by atoms with Gasteiger partial charge >= 0.3 is 13.1 Å². The molecular weight excluding hydrogens is 355 g/mol. The fourth-order valence-corrected chi connectivity index (χ4v) is 3.81. The van der Waals surface area contributed by atoms with Crippen LogP contribution in [0.25, 0.3) is 0 Å². The molecule has 2 fully saturated rings. The lowest BCUT2D eigenvalue weighted by molar-refractivity contribution is 0.00578. The zero-order valence-corrected chi connectivity index (χ0v) is 17.8. The van der Waals surface area contributed by atoms with Gasteiger partial charge in [-0.15, -0.1) is 0 Å². The molecule has 8 heteroatoms. The van der Waals surface area contributed by atoms with E-state index in [0.29, 0.717) is 12.6 Å². The van der Waals surface area contributed by atoms with Gasteiger partial charge in [0.1, 0.15) is 0 Å². The number of nitrogens with two attached hydrogens (primary N) is 1. The van der Waals surface area contributed by atoms with Crippen molar-refractivity contribution >= 4 is 12.6 Å². The van der Waals surface area contributed by atoms with Gasteiger partial charge in [0.2, 0.25) is 0 Å². The third kappa shape index (κ3) is 5.23. The van der Waals surface area contributed by atoms with Crippen molar-refractivity contribution < 1.29 is 14.0 Å². The highest BCUT2D eigenvalue weighted by molar-refractivity contribution is 6.61. The molecular formula is C20H35BN4O3. The first-order valence-electron chi connectivity index (χ1n) is 10.5. The zero-order valence-electron chi connectivity index (χ0n) is 17.8. The number of nitrogens with zero attached hydrogens (tertiary/aromatic N) is 3. The smallest absolute Gasteiger partial charge is 0.463 e. The van der Waals surface area contributed by atoms with Crippen LogP contribution in [0.3, 0.4) is 0 Å². The van der Waals surface area contributed by atoms with E-state index >= 15 is 0 Å². The highest BCUT2D eigenvalue weighted by atomic mass is 16.7. The third-order valence-corrected chi connectivity index (χ3v) is 6.21. The molecule has 1 aromatic rings. The quantitative estimate of drug-likeness (QED) is 0.533. The van der Waals surface area contributed by atoms with Crippen molar-refractivity contribution in [3.8, 4) is 6.01 Å². The van der Waals surface area contributed by atoms with Crippen LogP contribution in [0.2, 0.25) is 0 Å². The van der Waals surface area contributed by atoms with Crippen LogP contribution >= 0.6 is 0 Å². The van der Waals surface area contributed by atoms with Crippen molar-refractivity contribution in [1.29, 1.82) is 0 Å². The molecule has 0 unspecified atom stereocenters. The Bertz CT molecular complexity index is 608. The lowest BCUT2D eigenvalue weighted by Gasteiger charge is -2.32. The molecule has 2 N–H and O–H groups in total. The second-order valence-electron chi connectivity index (χ2n) is 8.98. The van der Waals surface area contributed by atoms with E-state index < -0.39 is 7.12 Å². The van der Waals surface area contributed by atoms with Gasteiger partial charge in [-0.05, 0) is 65.8 Å². The molecule has 0 bridgehead atoms. The molecule has 0 amide bonds. The molecule has 156 valence electrons. The number of ether oxygens (including phenoxy) is 1. The molecule has 3 rings (SSSR count). The predicted octanol–water partition coefficient (Wildman–Crippen LogP) is 1.61. The summed E-state index contributed by atoms with van der Waals surface area (Å²) in [7, 11) is -0.443. The summed E-state index contributed by atoms with van der Waals surface area (Å²) in [6.07, 6.45) is 8.23. The second kappa shape index (κ2) is 9.07. The van der Waals surface area contributed by atoms with Crippen LogP contribution in [0.15, 0.2) is 12.4 Å². The molecule has 7 nitrogen and oxygen atoms in total. The fourth-order valence-electron chi connectivity index (χ4n) is 3.81. The molecule has 1 atom stereocenters. The molecule has 1 aromatic heterocycles. The Morgan fingerprint density at radius 3 is 2.54 bits per heavy atom. The molecule has 0 aromatic carbocycles. The molecule has 3 heterocycles. The van der Waals surface area contributed by atoms with E-state index in [1.807, 2.05) is 27.7 Å². The molecule has 2 aliphatic rings. The minimum absolute atomic E-state index is 0.369. The lowest BCUT2D eigenvalue weighted by atomic mass is 9.81. The van der Waals surface area contributed by atoms with Gasteiger partial charge in [0.25, 0.3) is 0 Å². The van der Waals surface area contributed by atoms with E-state index in [1.165, 1.54) is 25.8 Å². The maximum absolute atomic E-state index is 6.03. The number of rotatable bonds is 8. The normalized spacial score (nSPS) is 24.5. The number of piperidine rings is 1. The zero-order chi connectivity index (χ0) is 20.2. The molecule has 2 aliphatic heterocycles. The lowest BCUT2D eigenvalue weighted by Crippen LogP contribution is -2.41.